The minimum absolute atomic E-state index is 0.122. The molecule has 1 aliphatic carbocycles. The summed E-state index contributed by atoms with van der Waals surface area (Å²) in [4.78, 5) is 24.3. The van der Waals surface area contributed by atoms with Crippen LogP contribution in [0, 0.1) is 23.1 Å². The van der Waals surface area contributed by atoms with Crippen LogP contribution in [0.5, 0.6) is 0 Å². The maximum atomic E-state index is 13.0. The van der Waals surface area contributed by atoms with Crippen molar-refractivity contribution in [2.45, 2.75) is 27.7 Å². The zero-order valence-corrected chi connectivity index (χ0v) is 15.1. The zero-order valence-electron chi connectivity index (χ0n) is 13.5. The van der Waals surface area contributed by atoms with E-state index in [0.29, 0.717) is 4.47 Å². The van der Waals surface area contributed by atoms with E-state index >= 15 is 0 Å². The van der Waals surface area contributed by atoms with Gasteiger partial charge < -0.3 is 0 Å². The number of halogens is 2. The first-order valence-electron chi connectivity index (χ1n) is 7.35. The second kappa shape index (κ2) is 6.43. The van der Waals surface area contributed by atoms with E-state index in [2.05, 4.69) is 32.9 Å². The molecule has 1 aromatic carbocycles. The number of hydrogen-bond donors (Lipinski definition) is 2. The molecule has 0 spiro atoms. The third kappa shape index (κ3) is 3.80. The maximum Gasteiger partial charge on any atom is 0.270 e. The standard InChI is InChI=1S/C17H20BrFN2O2/c1-9(2)7-12-14(17(12,3)4)16(23)21-20-15(22)11-6-5-10(19)8-13(11)18/h5-8,12,14H,1-4H3,(H,20,22)(H,21,23)/t12-,14+/m1/s1. The van der Waals surface area contributed by atoms with Gasteiger partial charge in [0.05, 0.1) is 11.5 Å². The van der Waals surface area contributed by atoms with Gasteiger partial charge in [0.2, 0.25) is 5.91 Å². The van der Waals surface area contributed by atoms with E-state index < -0.39 is 11.7 Å². The van der Waals surface area contributed by atoms with Crippen LogP contribution in [0.4, 0.5) is 4.39 Å². The first-order chi connectivity index (χ1) is 10.6. The molecule has 0 radical (unpaired) electrons. The number of nitrogens with one attached hydrogen (secondary N) is 2. The van der Waals surface area contributed by atoms with Gasteiger partial charge >= 0.3 is 0 Å². The van der Waals surface area contributed by atoms with E-state index in [9.17, 15) is 14.0 Å². The molecule has 0 unspecified atom stereocenters. The van der Waals surface area contributed by atoms with Crippen LogP contribution in [-0.2, 0) is 4.79 Å². The molecule has 23 heavy (non-hydrogen) atoms. The van der Waals surface area contributed by atoms with Crippen molar-refractivity contribution < 1.29 is 14.0 Å². The van der Waals surface area contributed by atoms with Gasteiger partial charge in [-0.15, -0.1) is 0 Å². The smallest absolute Gasteiger partial charge is 0.270 e. The van der Waals surface area contributed by atoms with Gasteiger partial charge in [-0.3, -0.25) is 20.4 Å². The highest BCUT2D eigenvalue weighted by Gasteiger charge is 2.60. The molecule has 4 nitrogen and oxygen atoms in total. The lowest BCUT2D eigenvalue weighted by molar-refractivity contribution is -0.123. The summed E-state index contributed by atoms with van der Waals surface area (Å²) in [7, 11) is 0. The molecule has 2 N–H and O–H groups in total. The van der Waals surface area contributed by atoms with Gasteiger partial charge in [0, 0.05) is 4.47 Å². The van der Waals surface area contributed by atoms with E-state index in [0.717, 1.165) is 5.57 Å². The Bertz CT molecular complexity index is 681. The fraction of sp³-hybridized carbons (Fsp3) is 0.412. The molecule has 1 fully saturated rings. The van der Waals surface area contributed by atoms with E-state index in [1.165, 1.54) is 18.2 Å². The van der Waals surface area contributed by atoms with Crippen LogP contribution in [0.25, 0.3) is 0 Å². The van der Waals surface area contributed by atoms with Crippen LogP contribution < -0.4 is 10.9 Å². The van der Waals surface area contributed by atoms with Crippen LogP contribution in [0.15, 0.2) is 34.3 Å². The molecule has 0 heterocycles. The van der Waals surface area contributed by atoms with Crippen molar-refractivity contribution in [1.82, 2.24) is 10.9 Å². The summed E-state index contributed by atoms with van der Waals surface area (Å²) in [6, 6.07) is 3.75. The van der Waals surface area contributed by atoms with Crippen LogP contribution in [0.2, 0.25) is 0 Å². The fourth-order valence-electron chi connectivity index (χ4n) is 2.79. The number of rotatable bonds is 3. The predicted molar refractivity (Wildman–Crippen MR) is 89.9 cm³/mol. The van der Waals surface area contributed by atoms with Crippen LogP contribution in [0.1, 0.15) is 38.1 Å². The van der Waals surface area contributed by atoms with Gasteiger partial charge in [-0.05, 0) is 59.3 Å². The first-order valence-corrected chi connectivity index (χ1v) is 8.14. The minimum atomic E-state index is -0.498. The molecular formula is C17H20BrFN2O2. The summed E-state index contributed by atoms with van der Waals surface area (Å²) in [6.45, 7) is 8.05. The summed E-state index contributed by atoms with van der Waals surface area (Å²) < 4.78 is 13.4. The normalized spacial score (nSPS) is 21.3. The average molecular weight is 383 g/mol. The van der Waals surface area contributed by atoms with Gasteiger partial charge in [0.15, 0.2) is 0 Å². The Morgan fingerprint density at radius 3 is 2.48 bits per heavy atom. The Balaban J connectivity index is 1.97. The third-order valence-corrected chi connectivity index (χ3v) is 4.84. The second-order valence-corrected chi connectivity index (χ2v) is 7.49. The van der Waals surface area contributed by atoms with E-state index in [1.54, 1.807) is 0 Å². The van der Waals surface area contributed by atoms with E-state index in [1.807, 2.05) is 27.7 Å². The Kier molecular flexibility index (Phi) is 4.94. The summed E-state index contributed by atoms with van der Waals surface area (Å²) in [5, 5.41) is 0. The van der Waals surface area contributed by atoms with Crippen molar-refractivity contribution >= 4 is 27.7 Å². The molecule has 0 aromatic heterocycles. The van der Waals surface area contributed by atoms with Crippen LogP contribution in [0.3, 0.4) is 0 Å². The van der Waals surface area contributed by atoms with Gasteiger partial charge in [0.25, 0.3) is 5.91 Å². The third-order valence-electron chi connectivity index (χ3n) is 4.18. The number of carbonyl (C=O) groups excluding carboxylic acids is 2. The van der Waals surface area contributed by atoms with E-state index in [-0.39, 0.29) is 28.7 Å². The Labute approximate surface area is 143 Å². The molecule has 1 saturated carbocycles. The molecule has 0 bridgehead atoms. The molecular weight excluding hydrogens is 363 g/mol. The summed E-state index contributed by atoms with van der Waals surface area (Å²) in [5.74, 6) is -1.16. The van der Waals surface area contributed by atoms with Crippen molar-refractivity contribution in [2.75, 3.05) is 0 Å². The van der Waals surface area contributed by atoms with Crippen molar-refractivity contribution in [2.24, 2.45) is 17.3 Å². The predicted octanol–water partition coefficient (Wildman–Crippen LogP) is 3.59. The van der Waals surface area contributed by atoms with Crippen molar-refractivity contribution in [3.05, 3.63) is 45.7 Å². The van der Waals surface area contributed by atoms with Gasteiger partial charge in [0.1, 0.15) is 5.82 Å². The zero-order chi connectivity index (χ0) is 17.4. The molecule has 2 atom stereocenters. The second-order valence-electron chi connectivity index (χ2n) is 6.64. The lowest BCUT2D eigenvalue weighted by Gasteiger charge is -2.09. The molecule has 6 heteroatoms. The molecule has 2 rings (SSSR count). The number of hydrogen-bond acceptors (Lipinski definition) is 2. The molecule has 124 valence electrons. The van der Waals surface area contributed by atoms with Gasteiger partial charge in [-0.25, -0.2) is 4.39 Å². The number of benzene rings is 1. The van der Waals surface area contributed by atoms with Gasteiger partial charge in [-0.1, -0.05) is 25.5 Å². The topological polar surface area (TPSA) is 58.2 Å². The SMILES string of the molecule is CC(C)=C[C@@H]1[C@@H](C(=O)NNC(=O)c2ccc(F)cc2Br)C1(C)C. The van der Waals surface area contributed by atoms with Crippen molar-refractivity contribution in [3.63, 3.8) is 0 Å². The number of carbonyl (C=O) groups is 2. The maximum absolute atomic E-state index is 13.0. The highest BCUT2D eigenvalue weighted by atomic mass is 79.9. The average Bonchev–Trinajstić information content (AvgIpc) is 2.96. The Morgan fingerprint density at radius 1 is 1.26 bits per heavy atom. The lowest BCUT2D eigenvalue weighted by Crippen LogP contribution is -2.43. The molecule has 1 aliphatic rings. The largest absolute Gasteiger partial charge is 0.273 e. The first kappa shape index (κ1) is 17.7. The van der Waals surface area contributed by atoms with Crippen LogP contribution in [-0.4, -0.2) is 11.8 Å². The summed E-state index contributed by atoms with van der Waals surface area (Å²) in [5.41, 5.74) is 6.14. The summed E-state index contributed by atoms with van der Waals surface area (Å²) >= 11 is 3.13. The Morgan fingerprint density at radius 2 is 1.91 bits per heavy atom. The number of amides is 2. The van der Waals surface area contributed by atoms with Crippen LogP contribution >= 0.6 is 15.9 Å². The molecule has 1 aromatic rings. The summed E-state index contributed by atoms with van der Waals surface area (Å²) in [6.07, 6.45) is 2.09. The van der Waals surface area contributed by atoms with Gasteiger partial charge in [-0.2, -0.15) is 0 Å². The molecule has 0 saturated heterocycles. The van der Waals surface area contributed by atoms with E-state index in [4.69, 9.17) is 0 Å². The molecule has 2 amide bonds. The monoisotopic (exact) mass is 382 g/mol. The fourth-order valence-corrected chi connectivity index (χ4v) is 3.32. The highest BCUT2D eigenvalue weighted by molar-refractivity contribution is 9.10. The molecule has 0 aliphatic heterocycles. The van der Waals surface area contributed by atoms with Crippen molar-refractivity contribution in [3.8, 4) is 0 Å². The Hall–Kier alpha value is -1.69. The minimum Gasteiger partial charge on any atom is -0.273 e. The van der Waals surface area contributed by atoms with Crippen molar-refractivity contribution in [1.29, 1.82) is 0 Å². The highest BCUT2D eigenvalue weighted by Crippen LogP contribution is 2.59. The number of hydrazine groups is 1. The lowest BCUT2D eigenvalue weighted by atomic mass is 10.1. The number of allylic oxidation sites excluding steroid dienone is 2. The quantitative estimate of drug-likeness (QED) is 0.619.